The SMILES string of the molecule is CCOC(CC)c1ncc(Br)c(NC)n1. The average molecular weight is 274 g/mol. The highest BCUT2D eigenvalue weighted by molar-refractivity contribution is 9.10. The number of nitrogens with one attached hydrogen (secondary N) is 1. The summed E-state index contributed by atoms with van der Waals surface area (Å²) in [6.45, 7) is 4.71. The van der Waals surface area contributed by atoms with E-state index in [0.29, 0.717) is 6.61 Å². The number of anilines is 1. The van der Waals surface area contributed by atoms with Crippen LogP contribution < -0.4 is 5.32 Å². The number of ether oxygens (including phenoxy) is 1. The Morgan fingerprint density at radius 1 is 1.53 bits per heavy atom. The van der Waals surface area contributed by atoms with E-state index in [2.05, 4.69) is 38.1 Å². The summed E-state index contributed by atoms with van der Waals surface area (Å²) in [5.74, 6) is 1.52. The molecule has 0 fully saturated rings. The maximum Gasteiger partial charge on any atom is 0.159 e. The van der Waals surface area contributed by atoms with E-state index in [1.165, 1.54) is 0 Å². The van der Waals surface area contributed by atoms with Gasteiger partial charge in [0.25, 0.3) is 0 Å². The molecule has 4 nitrogen and oxygen atoms in total. The van der Waals surface area contributed by atoms with Crippen LogP contribution in [0.15, 0.2) is 10.7 Å². The number of hydrogen-bond donors (Lipinski definition) is 1. The molecule has 0 aliphatic rings. The lowest BCUT2D eigenvalue weighted by molar-refractivity contribution is 0.0535. The van der Waals surface area contributed by atoms with Crippen LogP contribution in [-0.2, 0) is 4.74 Å². The molecular weight excluding hydrogens is 258 g/mol. The monoisotopic (exact) mass is 273 g/mol. The fourth-order valence-corrected chi connectivity index (χ4v) is 1.68. The van der Waals surface area contributed by atoms with Crippen molar-refractivity contribution < 1.29 is 4.74 Å². The molecule has 0 amide bonds. The summed E-state index contributed by atoms with van der Waals surface area (Å²) in [5.41, 5.74) is 0. The molecule has 1 unspecified atom stereocenters. The molecule has 0 aliphatic heterocycles. The van der Waals surface area contributed by atoms with Gasteiger partial charge in [0, 0.05) is 19.9 Å². The van der Waals surface area contributed by atoms with Crippen molar-refractivity contribution in [3.8, 4) is 0 Å². The summed E-state index contributed by atoms with van der Waals surface area (Å²) in [6.07, 6.45) is 2.60. The van der Waals surface area contributed by atoms with Gasteiger partial charge < -0.3 is 10.1 Å². The van der Waals surface area contributed by atoms with Gasteiger partial charge in [0.05, 0.1) is 4.47 Å². The molecule has 1 N–H and O–H groups in total. The summed E-state index contributed by atoms with van der Waals surface area (Å²) in [6, 6.07) is 0. The van der Waals surface area contributed by atoms with E-state index in [9.17, 15) is 0 Å². The van der Waals surface area contributed by atoms with Crippen LogP contribution in [0, 0.1) is 0 Å². The highest BCUT2D eigenvalue weighted by Gasteiger charge is 2.13. The Morgan fingerprint density at radius 3 is 2.80 bits per heavy atom. The van der Waals surface area contributed by atoms with Crippen LogP contribution in [0.3, 0.4) is 0 Å². The number of aromatic nitrogens is 2. The van der Waals surface area contributed by atoms with Gasteiger partial charge in [-0.1, -0.05) is 6.92 Å². The standard InChI is InChI=1S/C10H16BrN3O/c1-4-8(15-5-2)10-13-6-7(11)9(12-3)14-10/h6,8H,4-5H2,1-3H3,(H,12,13,14). The van der Waals surface area contributed by atoms with E-state index in [-0.39, 0.29) is 6.10 Å². The Bertz CT molecular complexity index is 320. The topological polar surface area (TPSA) is 47.0 Å². The zero-order valence-electron chi connectivity index (χ0n) is 9.25. The van der Waals surface area contributed by atoms with Gasteiger partial charge >= 0.3 is 0 Å². The van der Waals surface area contributed by atoms with Crippen LogP contribution in [0.1, 0.15) is 32.2 Å². The third kappa shape index (κ3) is 3.14. The molecular formula is C10H16BrN3O. The molecule has 5 heteroatoms. The highest BCUT2D eigenvalue weighted by atomic mass is 79.9. The lowest BCUT2D eigenvalue weighted by Gasteiger charge is -2.14. The molecule has 1 aromatic rings. The van der Waals surface area contributed by atoms with E-state index < -0.39 is 0 Å². The maximum atomic E-state index is 5.55. The van der Waals surface area contributed by atoms with Gasteiger partial charge in [-0.2, -0.15) is 0 Å². The van der Waals surface area contributed by atoms with Crippen molar-refractivity contribution >= 4 is 21.7 Å². The third-order valence-electron chi connectivity index (χ3n) is 2.03. The van der Waals surface area contributed by atoms with Gasteiger partial charge in [-0.15, -0.1) is 0 Å². The number of hydrogen-bond acceptors (Lipinski definition) is 4. The Labute approximate surface area is 98.6 Å². The fraction of sp³-hybridized carbons (Fsp3) is 0.600. The van der Waals surface area contributed by atoms with Gasteiger partial charge in [-0.25, -0.2) is 9.97 Å². The second-order valence-corrected chi connectivity index (χ2v) is 3.88. The van der Waals surface area contributed by atoms with Crippen LogP contribution in [0.5, 0.6) is 0 Å². The van der Waals surface area contributed by atoms with Gasteiger partial charge in [0.1, 0.15) is 11.9 Å². The van der Waals surface area contributed by atoms with Crippen LogP contribution in [0.25, 0.3) is 0 Å². The summed E-state index contributed by atoms with van der Waals surface area (Å²) in [4.78, 5) is 8.64. The van der Waals surface area contributed by atoms with Crippen molar-refractivity contribution in [2.45, 2.75) is 26.4 Å². The summed E-state index contributed by atoms with van der Waals surface area (Å²) >= 11 is 3.37. The molecule has 1 atom stereocenters. The number of nitrogens with zero attached hydrogens (tertiary/aromatic N) is 2. The van der Waals surface area contributed by atoms with Crippen molar-refractivity contribution in [3.63, 3.8) is 0 Å². The van der Waals surface area contributed by atoms with Crippen molar-refractivity contribution in [3.05, 3.63) is 16.5 Å². The Hall–Kier alpha value is -0.680. The minimum absolute atomic E-state index is 0.0183. The van der Waals surface area contributed by atoms with Gasteiger partial charge in [0.2, 0.25) is 0 Å². The van der Waals surface area contributed by atoms with Crippen LogP contribution >= 0.6 is 15.9 Å². The van der Waals surface area contributed by atoms with Crippen molar-refractivity contribution in [2.75, 3.05) is 19.0 Å². The minimum Gasteiger partial charge on any atom is -0.372 e. The lowest BCUT2D eigenvalue weighted by Crippen LogP contribution is -2.09. The molecule has 15 heavy (non-hydrogen) atoms. The molecule has 1 aromatic heterocycles. The van der Waals surface area contributed by atoms with Gasteiger partial charge in [-0.05, 0) is 29.3 Å². The summed E-state index contributed by atoms with van der Waals surface area (Å²) < 4.78 is 6.41. The van der Waals surface area contributed by atoms with Gasteiger partial charge in [0.15, 0.2) is 5.82 Å². The molecule has 0 radical (unpaired) electrons. The van der Waals surface area contributed by atoms with Crippen LogP contribution in [0.2, 0.25) is 0 Å². The first-order valence-electron chi connectivity index (χ1n) is 5.04. The molecule has 0 saturated heterocycles. The first-order valence-corrected chi connectivity index (χ1v) is 5.84. The summed E-state index contributed by atoms with van der Waals surface area (Å²) in [7, 11) is 1.83. The highest BCUT2D eigenvalue weighted by Crippen LogP contribution is 2.23. The molecule has 1 heterocycles. The van der Waals surface area contributed by atoms with Crippen LogP contribution in [-0.4, -0.2) is 23.6 Å². The zero-order valence-corrected chi connectivity index (χ0v) is 10.8. The number of rotatable bonds is 5. The Kier molecular flexibility index (Phi) is 4.98. The Morgan fingerprint density at radius 2 is 2.27 bits per heavy atom. The predicted octanol–water partition coefficient (Wildman–Crippen LogP) is 2.77. The van der Waals surface area contributed by atoms with Crippen LogP contribution in [0.4, 0.5) is 5.82 Å². The van der Waals surface area contributed by atoms with E-state index in [4.69, 9.17) is 4.74 Å². The largest absolute Gasteiger partial charge is 0.372 e. The molecule has 0 spiro atoms. The minimum atomic E-state index is -0.0183. The van der Waals surface area contributed by atoms with E-state index in [1.54, 1.807) is 6.20 Å². The second kappa shape index (κ2) is 6.02. The molecule has 0 aromatic carbocycles. The smallest absolute Gasteiger partial charge is 0.159 e. The second-order valence-electron chi connectivity index (χ2n) is 3.03. The maximum absolute atomic E-state index is 5.55. The van der Waals surface area contributed by atoms with Gasteiger partial charge in [-0.3, -0.25) is 0 Å². The zero-order chi connectivity index (χ0) is 11.3. The molecule has 0 aliphatic carbocycles. The predicted molar refractivity (Wildman–Crippen MR) is 63.9 cm³/mol. The molecule has 0 bridgehead atoms. The molecule has 84 valence electrons. The summed E-state index contributed by atoms with van der Waals surface area (Å²) in [5, 5.41) is 3.00. The Balaban J connectivity index is 2.92. The first kappa shape index (κ1) is 12.4. The average Bonchev–Trinajstić information content (AvgIpc) is 2.27. The fourth-order valence-electron chi connectivity index (χ4n) is 1.29. The quantitative estimate of drug-likeness (QED) is 0.896. The van der Waals surface area contributed by atoms with Crippen molar-refractivity contribution in [1.29, 1.82) is 0 Å². The van der Waals surface area contributed by atoms with Crippen molar-refractivity contribution in [2.24, 2.45) is 0 Å². The molecule has 0 saturated carbocycles. The lowest BCUT2D eigenvalue weighted by atomic mass is 10.2. The van der Waals surface area contributed by atoms with E-state index in [0.717, 1.165) is 22.5 Å². The van der Waals surface area contributed by atoms with E-state index >= 15 is 0 Å². The van der Waals surface area contributed by atoms with E-state index in [1.807, 2.05) is 14.0 Å². The van der Waals surface area contributed by atoms with Crippen molar-refractivity contribution in [1.82, 2.24) is 9.97 Å². The normalized spacial score (nSPS) is 12.5. The third-order valence-corrected chi connectivity index (χ3v) is 2.61. The molecule has 1 rings (SSSR count). The first-order chi connectivity index (χ1) is 7.22. The number of halogens is 1.